The summed E-state index contributed by atoms with van der Waals surface area (Å²) in [5.41, 5.74) is 5.73. The zero-order valence-electron chi connectivity index (χ0n) is 7.85. The lowest BCUT2D eigenvalue weighted by atomic mass is 10.1. The Labute approximate surface area is 69.7 Å². The van der Waals surface area contributed by atoms with E-state index in [-0.39, 0.29) is 6.04 Å². The summed E-state index contributed by atoms with van der Waals surface area (Å²) in [7, 11) is 1.95. The van der Waals surface area contributed by atoms with E-state index in [2.05, 4.69) is 17.6 Å². The molecule has 0 aliphatic rings. The largest absolute Gasteiger partial charge is 0.326 e. The molecule has 0 aromatic carbocycles. The van der Waals surface area contributed by atoms with Crippen molar-refractivity contribution >= 4 is 0 Å². The Hall–Kier alpha value is -0.120. The van der Waals surface area contributed by atoms with Gasteiger partial charge in [0.15, 0.2) is 0 Å². The predicted molar refractivity (Wildman–Crippen MR) is 49.7 cm³/mol. The Balaban J connectivity index is 3.36. The lowest BCUT2D eigenvalue weighted by molar-refractivity contribution is 0.449. The molecule has 4 N–H and O–H groups in total. The number of rotatable bonds is 6. The molecule has 11 heavy (non-hydrogen) atoms. The van der Waals surface area contributed by atoms with Crippen LogP contribution in [-0.2, 0) is 0 Å². The molecule has 0 bridgehead atoms. The van der Waals surface area contributed by atoms with E-state index in [9.17, 15) is 0 Å². The molecule has 0 spiro atoms. The Morgan fingerprint density at radius 3 is 2.45 bits per heavy atom. The van der Waals surface area contributed by atoms with Gasteiger partial charge >= 0.3 is 0 Å². The van der Waals surface area contributed by atoms with Crippen molar-refractivity contribution in [2.45, 2.75) is 32.4 Å². The van der Waals surface area contributed by atoms with Gasteiger partial charge in [0.1, 0.15) is 0 Å². The van der Waals surface area contributed by atoms with E-state index in [4.69, 9.17) is 5.73 Å². The van der Waals surface area contributed by atoms with Crippen LogP contribution >= 0.6 is 0 Å². The maximum atomic E-state index is 5.73. The van der Waals surface area contributed by atoms with Gasteiger partial charge in [-0.05, 0) is 26.9 Å². The van der Waals surface area contributed by atoms with Crippen LogP contribution in [0.3, 0.4) is 0 Å². The molecule has 0 aromatic heterocycles. The van der Waals surface area contributed by atoms with E-state index in [1.54, 1.807) is 0 Å². The molecule has 3 heteroatoms. The fraction of sp³-hybridized carbons (Fsp3) is 1.00. The molecule has 0 rings (SSSR count). The molecule has 0 saturated heterocycles. The van der Waals surface area contributed by atoms with E-state index < -0.39 is 0 Å². The summed E-state index contributed by atoms with van der Waals surface area (Å²) in [6.45, 7) is 6.22. The maximum Gasteiger partial charge on any atom is 0.0339 e. The molecule has 0 saturated carbocycles. The molecular formula is C8H21N3. The van der Waals surface area contributed by atoms with Crippen LogP contribution in [-0.4, -0.2) is 32.2 Å². The molecule has 0 heterocycles. The first-order valence-corrected chi connectivity index (χ1v) is 4.36. The molecule has 3 nitrogen and oxygen atoms in total. The summed E-state index contributed by atoms with van der Waals surface area (Å²) in [4.78, 5) is 0. The molecule has 0 radical (unpaired) electrons. The van der Waals surface area contributed by atoms with Crippen molar-refractivity contribution in [2.24, 2.45) is 5.73 Å². The van der Waals surface area contributed by atoms with Gasteiger partial charge in [0, 0.05) is 18.6 Å². The van der Waals surface area contributed by atoms with Gasteiger partial charge in [-0.2, -0.15) is 0 Å². The van der Waals surface area contributed by atoms with Crippen LogP contribution in [0.1, 0.15) is 20.3 Å². The SMILES string of the molecule is CCCNCC(NC)C(C)N. The monoisotopic (exact) mass is 159 g/mol. The summed E-state index contributed by atoms with van der Waals surface area (Å²) >= 11 is 0. The number of nitrogens with one attached hydrogen (secondary N) is 2. The van der Waals surface area contributed by atoms with E-state index in [1.807, 2.05) is 14.0 Å². The van der Waals surface area contributed by atoms with Crippen molar-refractivity contribution in [3.63, 3.8) is 0 Å². The van der Waals surface area contributed by atoms with Crippen molar-refractivity contribution in [1.29, 1.82) is 0 Å². The molecule has 0 aliphatic carbocycles. The topological polar surface area (TPSA) is 50.1 Å². The average Bonchev–Trinajstić information content (AvgIpc) is 1.97. The van der Waals surface area contributed by atoms with Gasteiger partial charge in [0.05, 0.1) is 0 Å². The van der Waals surface area contributed by atoms with E-state index in [0.717, 1.165) is 13.1 Å². The molecule has 0 aromatic rings. The molecule has 0 fully saturated rings. The van der Waals surface area contributed by atoms with Gasteiger partial charge in [0.2, 0.25) is 0 Å². The molecule has 0 amide bonds. The summed E-state index contributed by atoms with van der Waals surface area (Å²) in [5.74, 6) is 0. The highest BCUT2D eigenvalue weighted by atomic mass is 15.0. The first-order chi connectivity index (χ1) is 5.22. The van der Waals surface area contributed by atoms with Crippen molar-refractivity contribution < 1.29 is 0 Å². The molecular weight excluding hydrogens is 138 g/mol. The number of nitrogens with two attached hydrogens (primary N) is 1. The van der Waals surface area contributed by atoms with E-state index in [0.29, 0.717) is 6.04 Å². The second kappa shape index (κ2) is 6.58. The third kappa shape index (κ3) is 5.18. The van der Waals surface area contributed by atoms with Crippen LogP contribution in [0.25, 0.3) is 0 Å². The minimum Gasteiger partial charge on any atom is -0.326 e. The predicted octanol–water partition coefficient (Wildman–Crippen LogP) is -0.0788. The highest BCUT2D eigenvalue weighted by molar-refractivity contribution is 4.75. The summed E-state index contributed by atoms with van der Waals surface area (Å²) in [6.07, 6.45) is 1.18. The second-order valence-electron chi connectivity index (χ2n) is 2.96. The quantitative estimate of drug-likeness (QED) is 0.475. The minimum absolute atomic E-state index is 0.212. The third-order valence-electron chi connectivity index (χ3n) is 1.80. The van der Waals surface area contributed by atoms with Gasteiger partial charge in [-0.15, -0.1) is 0 Å². The number of hydrogen-bond acceptors (Lipinski definition) is 3. The maximum absolute atomic E-state index is 5.73. The molecule has 0 aliphatic heterocycles. The van der Waals surface area contributed by atoms with E-state index in [1.165, 1.54) is 6.42 Å². The van der Waals surface area contributed by atoms with Crippen LogP contribution in [0.5, 0.6) is 0 Å². The smallest absolute Gasteiger partial charge is 0.0339 e. The van der Waals surface area contributed by atoms with Gasteiger partial charge in [0.25, 0.3) is 0 Å². The third-order valence-corrected chi connectivity index (χ3v) is 1.80. The Morgan fingerprint density at radius 1 is 1.45 bits per heavy atom. The van der Waals surface area contributed by atoms with Crippen molar-refractivity contribution in [2.75, 3.05) is 20.1 Å². The second-order valence-corrected chi connectivity index (χ2v) is 2.96. The van der Waals surface area contributed by atoms with Crippen molar-refractivity contribution in [1.82, 2.24) is 10.6 Å². The fourth-order valence-corrected chi connectivity index (χ4v) is 0.985. The summed E-state index contributed by atoms with van der Waals surface area (Å²) in [5, 5.41) is 6.50. The van der Waals surface area contributed by atoms with Crippen molar-refractivity contribution in [3.05, 3.63) is 0 Å². The fourth-order valence-electron chi connectivity index (χ4n) is 0.985. The van der Waals surface area contributed by atoms with E-state index >= 15 is 0 Å². The minimum atomic E-state index is 0.212. The Morgan fingerprint density at radius 2 is 2.09 bits per heavy atom. The van der Waals surface area contributed by atoms with Crippen LogP contribution in [0.4, 0.5) is 0 Å². The zero-order valence-corrected chi connectivity index (χ0v) is 7.85. The zero-order chi connectivity index (χ0) is 8.69. The lowest BCUT2D eigenvalue weighted by Gasteiger charge is -2.20. The van der Waals surface area contributed by atoms with Crippen LogP contribution in [0.2, 0.25) is 0 Å². The molecule has 2 unspecified atom stereocenters. The van der Waals surface area contributed by atoms with Gasteiger partial charge in [-0.25, -0.2) is 0 Å². The van der Waals surface area contributed by atoms with Gasteiger partial charge < -0.3 is 16.4 Å². The number of likely N-dealkylation sites (N-methyl/N-ethyl adjacent to an activating group) is 1. The van der Waals surface area contributed by atoms with Gasteiger partial charge in [-0.1, -0.05) is 6.92 Å². The standard InChI is InChI=1S/C8H21N3/c1-4-5-11-6-8(10-3)7(2)9/h7-8,10-11H,4-6,9H2,1-3H3. The highest BCUT2D eigenvalue weighted by Crippen LogP contribution is 1.86. The van der Waals surface area contributed by atoms with Crippen molar-refractivity contribution in [3.8, 4) is 0 Å². The first kappa shape index (κ1) is 10.9. The Bertz CT molecular complexity index is 83.4. The normalized spacial score (nSPS) is 16.4. The summed E-state index contributed by atoms with van der Waals surface area (Å²) < 4.78 is 0. The Kier molecular flexibility index (Phi) is 6.51. The molecule has 68 valence electrons. The number of hydrogen-bond donors (Lipinski definition) is 3. The lowest BCUT2D eigenvalue weighted by Crippen LogP contribution is -2.48. The van der Waals surface area contributed by atoms with Crippen LogP contribution in [0, 0.1) is 0 Å². The van der Waals surface area contributed by atoms with Crippen LogP contribution < -0.4 is 16.4 Å². The first-order valence-electron chi connectivity index (χ1n) is 4.36. The average molecular weight is 159 g/mol. The summed E-state index contributed by atoms with van der Waals surface area (Å²) in [6, 6.07) is 0.603. The van der Waals surface area contributed by atoms with Gasteiger partial charge in [-0.3, -0.25) is 0 Å². The highest BCUT2D eigenvalue weighted by Gasteiger charge is 2.08. The molecule has 2 atom stereocenters. The van der Waals surface area contributed by atoms with Crippen LogP contribution in [0.15, 0.2) is 0 Å².